The largest absolute Gasteiger partial charge is 0.506 e. The topological polar surface area (TPSA) is 180 Å². The monoisotopic (exact) mass is 527 g/mol. The summed E-state index contributed by atoms with van der Waals surface area (Å²) in [4.78, 5) is 39.6. The van der Waals surface area contributed by atoms with Crippen LogP contribution in [-0.4, -0.2) is 46.5 Å². The molecule has 12 heteroatoms. The first-order chi connectivity index (χ1) is 14.9. The molecule has 2 amide bonds. The number of hydrogen-bond acceptors (Lipinski definition) is 5. The number of nitrogens with one attached hydrogen (secondary N) is 2. The smallest absolute Gasteiger partial charge is 0.305 e. The Morgan fingerprint density at radius 1 is 1.31 bits per heavy atom. The Bertz CT molecular complexity index is 998. The summed E-state index contributed by atoms with van der Waals surface area (Å²) >= 11 is 8.87. The number of benzene rings is 1. The van der Waals surface area contributed by atoms with Gasteiger partial charge in [-0.1, -0.05) is 24.2 Å². The number of nitrogens with two attached hydrogens (primary N) is 2. The number of hydrogen-bond donors (Lipinski definition) is 6. The lowest BCUT2D eigenvalue weighted by Crippen LogP contribution is -2.43. The molecule has 1 rings (SSSR count). The summed E-state index contributed by atoms with van der Waals surface area (Å²) in [7, 11) is 0. The van der Waals surface area contributed by atoms with E-state index < -0.39 is 36.8 Å². The molecule has 32 heavy (non-hydrogen) atoms. The molecule has 172 valence electrons. The minimum Gasteiger partial charge on any atom is -0.506 e. The molecule has 0 radical (unpaired) electrons. The minimum absolute atomic E-state index is 0.0574. The molecule has 0 fully saturated rings. The van der Waals surface area contributed by atoms with Gasteiger partial charge in [0.2, 0.25) is 5.91 Å². The number of allylic oxidation sites excluding steroid dienone is 3. The van der Waals surface area contributed by atoms with Crippen molar-refractivity contribution in [2.24, 2.45) is 16.5 Å². The van der Waals surface area contributed by atoms with E-state index in [4.69, 9.17) is 28.2 Å². The molecule has 0 heterocycles. The van der Waals surface area contributed by atoms with Crippen molar-refractivity contribution in [2.75, 3.05) is 6.54 Å². The van der Waals surface area contributed by atoms with Gasteiger partial charge in [-0.2, -0.15) is 0 Å². The molecule has 8 N–H and O–H groups in total. The van der Waals surface area contributed by atoms with Gasteiger partial charge in [0.25, 0.3) is 5.91 Å². The SMILES string of the molecule is C=C(/C(O)=C(Br)\C=C(/C)Cl)[C@@H](CC(=O)O)NC(=O)CNC(=O)c1cccc(N=C(N)N)c1. The number of carbonyl (C=O) groups excluding carboxylic acids is 2. The number of amides is 2. The first-order valence-electron chi connectivity index (χ1n) is 9.01. The van der Waals surface area contributed by atoms with Gasteiger partial charge in [0.1, 0.15) is 5.76 Å². The highest BCUT2D eigenvalue weighted by Gasteiger charge is 2.23. The van der Waals surface area contributed by atoms with Crippen LogP contribution in [0.1, 0.15) is 23.7 Å². The fourth-order valence-corrected chi connectivity index (χ4v) is 3.21. The molecule has 0 saturated carbocycles. The number of carboxylic acids is 1. The van der Waals surface area contributed by atoms with Gasteiger partial charge in [-0.3, -0.25) is 14.4 Å². The molecular weight excluding hydrogens is 506 g/mol. The second-order valence-electron chi connectivity index (χ2n) is 6.44. The lowest BCUT2D eigenvalue weighted by atomic mass is 10.0. The number of carboxylic acid groups (broad SMARTS) is 1. The van der Waals surface area contributed by atoms with Crippen LogP contribution >= 0.6 is 27.5 Å². The summed E-state index contributed by atoms with van der Waals surface area (Å²) in [5, 5.41) is 24.6. The molecule has 1 aromatic carbocycles. The van der Waals surface area contributed by atoms with E-state index in [0.717, 1.165) is 0 Å². The number of aliphatic hydroxyl groups excluding tert-OH is 1. The number of halogens is 2. The van der Waals surface area contributed by atoms with Crippen molar-refractivity contribution in [3.63, 3.8) is 0 Å². The molecule has 0 saturated heterocycles. The van der Waals surface area contributed by atoms with Gasteiger partial charge in [-0.05, 0) is 47.1 Å². The highest BCUT2D eigenvalue weighted by atomic mass is 79.9. The third-order valence-corrected chi connectivity index (χ3v) is 4.48. The van der Waals surface area contributed by atoms with Gasteiger partial charge in [-0.25, -0.2) is 4.99 Å². The summed E-state index contributed by atoms with van der Waals surface area (Å²) in [6, 6.07) is 4.94. The zero-order valence-electron chi connectivity index (χ0n) is 17.1. The minimum atomic E-state index is -1.23. The van der Waals surface area contributed by atoms with Crippen molar-refractivity contribution in [1.82, 2.24) is 10.6 Å². The van der Waals surface area contributed by atoms with Crippen molar-refractivity contribution in [2.45, 2.75) is 19.4 Å². The highest BCUT2D eigenvalue weighted by Crippen LogP contribution is 2.23. The van der Waals surface area contributed by atoms with E-state index in [1.165, 1.54) is 18.2 Å². The van der Waals surface area contributed by atoms with E-state index in [0.29, 0.717) is 10.7 Å². The third kappa shape index (κ3) is 9.23. The molecule has 10 nitrogen and oxygen atoms in total. The van der Waals surface area contributed by atoms with E-state index in [2.05, 4.69) is 38.1 Å². The van der Waals surface area contributed by atoms with Gasteiger partial charge in [0, 0.05) is 16.2 Å². The summed E-state index contributed by atoms with van der Waals surface area (Å²) in [5.41, 5.74) is 11.1. The first kappa shape index (κ1) is 26.7. The van der Waals surface area contributed by atoms with Crippen LogP contribution in [-0.2, 0) is 9.59 Å². The number of aliphatic hydroxyl groups is 1. The molecule has 0 spiro atoms. The van der Waals surface area contributed by atoms with Gasteiger partial charge in [0.05, 0.1) is 29.2 Å². The standard InChI is InChI=1S/C20H23BrClN5O5/c1-10(22)6-14(21)18(31)11(2)15(8-17(29)30)27-16(28)9-25-19(32)12-4-3-5-13(7-12)26-20(23)24/h3-7,15,31H,2,8-9H2,1H3,(H,25,32)(H,27,28)(H,29,30)(H4,23,24,26)/b10-6+,18-14-/t15-/m1/s1. The number of nitrogens with zero attached hydrogens (tertiary/aromatic N) is 1. The molecule has 1 aromatic rings. The van der Waals surface area contributed by atoms with Crippen LogP contribution in [0.25, 0.3) is 0 Å². The Labute approximate surface area is 197 Å². The zero-order chi connectivity index (χ0) is 24.4. The van der Waals surface area contributed by atoms with Crippen LogP contribution in [0.3, 0.4) is 0 Å². The number of aliphatic carboxylic acids is 1. The maximum atomic E-state index is 12.3. The van der Waals surface area contributed by atoms with Crippen LogP contribution in [0.15, 0.2) is 62.8 Å². The van der Waals surface area contributed by atoms with Gasteiger partial charge >= 0.3 is 5.97 Å². The average molecular weight is 529 g/mol. The number of rotatable bonds is 10. The maximum Gasteiger partial charge on any atom is 0.305 e. The molecule has 0 aliphatic rings. The molecular formula is C20H23BrClN5O5. The lowest BCUT2D eigenvalue weighted by Gasteiger charge is -2.20. The van der Waals surface area contributed by atoms with Crippen molar-refractivity contribution in [3.05, 3.63) is 63.3 Å². The first-order valence-corrected chi connectivity index (χ1v) is 10.2. The summed E-state index contributed by atoms with van der Waals surface area (Å²) in [6.07, 6.45) is 0.839. The quantitative estimate of drug-likeness (QED) is 0.116. The van der Waals surface area contributed by atoms with Crippen molar-refractivity contribution >= 4 is 57.0 Å². The van der Waals surface area contributed by atoms with E-state index in [1.54, 1.807) is 19.1 Å². The predicted molar refractivity (Wildman–Crippen MR) is 126 cm³/mol. The molecule has 0 aromatic heterocycles. The van der Waals surface area contributed by atoms with Gasteiger partial charge in [-0.15, -0.1) is 0 Å². The third-order valence-electron chi connectivity index (χ3n) is 3.77. The average Bonchev–Trinajstić information content (AvgIpc) is 2.69. The Balaban J connectivity index is 2.87. The van der Waals surface area contributed by atoms with Crippen LogP contribution in [0.2, 0.25) is 0 Å². The molecule has 0 aliphatic heterocycles. The normalized spacial score (nSPS) is 12.8. The number of carbonyl (C=O) groups is 3. The van der Waals surface area contributed by atoms with Crippen LogP contribution in [0.5, 0.6) is 0 Å². The maximum absolute atomic E-state index is 12.3. The van der Waals surface area contributed by atoms with Crippen molar-refractivity contribution in [1.29, 1.82) is 0 Å². The molecule has 0 aliphatic carbocycles. The molecule has 0 bridgehead atoms. The highest BCUT2D eigenvalue weighted by molar-refractivity contribution is 9.11. The van der Waals surface area contributed by atoms with Crippen molar-refractivity contribution < 1.29 is 24.6 Å². The van der Waals surface area contributed by atoms with Crippen LogP contribution in [0.4, 0.5) is 5.69 Å². The Morgan fingerprint density at radius 3 is 2.53 bits per heavy atom. The Kier molecular flexibility index (Phi) is 10.5. The Hall–Kier alpha value is -3.31. The second kappa shape index (κ2) is 12.5. The molecule has 0 unspecified atom stereocenters. The fourth-order valence-electron chi connectivity index (χ4n) is 2.37. The van der Waals surface area contributed by atoms with E-state index in [-0.39, 0.29) is 27.3 Å². The lowest BCUT2D eigenvalue weighted by molar-refractivity contribution is -0.137. The van der Waals surface area contributed by atoms with E-state index in [1.807, 2.05) is 0 Å². The number of guanidine groups is 1. The van der Waals surface area contributed by atoms with Crippen LogP contribution < -0.4 is 22.1 Å². The van der Waals surface area contributed by atoms with Crippen LogP contribution in [0, 0.1) is 0 Å². The van der Waals surface area contributed by atoms with E-state index >= 15 is 0 Å². The summed E-state index contributed by atoms with van der Waals surface area (Å²) in [5.74, 6) is -3.05. The van der Waals surface area contributed by atoms with E-state index in [9.17, 15) is 19.5 Å². The fraction of sp³-hybridized carbons (Fsp3) is 0.200. The Morgan fingerprint density at radius 2 is 1.97 bits per heavy atom. The van der Waals surface area contributed by atoms with Gasteiger partial charge < -0.3 is 32.3 Å². The van der Waals surface area contributed by atoms with Gasteiger partial charge in [0.15, 0.2) is 5.96 Å². The predicted octanol–water partition coefficient (Wildman–Crippen LogP) is 2.14. The summed E-state index contributed by atoms with van der Waals surface area (Å²) < 4.78 is 0.161. The molecule has 1 atom stereocenters. The van der Waals surface area contributed by atoms with Crippen molar-refractivity contribution in [3.8, 4) is 0 Å². The zero-order valence-corrected chi connectivity index (χ0v) is 19.4. The number of aliphatic imine (C=N–C) groups is 1. The summed E-state index contributed by atoms with van der Waals surface area (Å²) in [6.45, 7) is 4.77. The second-order valence-corrected chi connectivity index (χ2v) is 7.89.